The molecule has 2 aliphatic rings. The number of nitrogens with two attached hydrogens (primary N) is 1. The molecule has 2 aliphatic heterocycles. The van der Waals surface area contributed by atoms with Crippen molar-refractivity contribution in [3.05, 3.63) is 107 Å². The smallest absolute Gasteiger partial charge is 0.239 e. The molecule has 0 aliphatic carbocycles. The second-order valence-corrected chi connectivity index (χ2v) is 11.3. The molecule has 3 atom stereocenters. The highest BCUT2D eigenvalue weighted by Crippen LogP contribution is 2.27. The van der Waals surface area contributed by atoms with E-state index in [1.807, 2.05) is 29.2 Å². The minimum Gasteiger partial charge on any atom is -0.353 e. The minimum absolute atomic E-state index is 0.0125. The molecule has 0 saturated carbocycles. The first-order chi connectivity index (χ1) is 20.1. The van der Waals surface area contributed by atoms with Gasteiger partial charge in [0.05, 0.1) is 12.1 Å². The number of hydrogen-bond donors (Lipinski definition) is 4. The molecule has 5 rings (SSSR count). The normalized spacial score (nSPS) is 20.9. The predicted octanol–water partition coefficient (Wildman–Crippen LogP) is 3.34. The number of hydrogen-bond acceptors (Lipinski definition) is 5. The monoisotopic (exact) mass is 553 g/mol. The molecule has 1 saturated heterocycles. The van der Waals surface area contributed by atoms with Crippen molar-refractivity contribution < 1.29 is 9.59 Å². The second kappa shape index (κ2) is 14.4. The number of fused-ring (bicyclic) bond motifs is 1. The Balaban J connectivity index is 1.26. The second-order valence-electron chi connectivity index (χ2n) is 11.3. The van der Waals surface area contributed by atoms with Crippen LogP contribution in [0.1, 0.15) is 53.9 Å². The van der Waals surface area contributed by atoms with Crippen LogP contribution in [0.4, 0.5) is 0 Å². The molecule has 0 aromatic heterocycles. The third-order valence-electron chi connectivity index (χ3n) is 8.47. The van der Waals surface area contributed by atoms with E-state index in [-0.39, 0.29) is 35.9 Å². The molecule has 0 radical (unpaired) electrons. The highest BCUT2D eigenvalue weighted by molar-refractivity contribution is 5.83. The van der Waals surface area contributed by atoms with Crippen molar-refractivity contribution in [3.8, 4) is 0 Å². The first-order valence-electron chi connectivity index (χ1n) is 15.0. The van der Waals surface area contributed by atoms with Crippen molar-refractivity contribution in [1.82, 2.24) is 20.9 Å². The largest absolute Gasteiger partial charge is 0.353 e. The van der Waals surface area contributed by atoms with E-state index in [1.54, 1.807) is 0 Å². The summed E-state index contributed by atoms with van der Waals surface area (Å²) in [5.41, 5.74) is 10.7. The van der Waals surface area contributed by atoms with Crippen LogP contribution >= 0.6 is 0 Å². The fourth-order valence-corrected chi connectivity index (χ4v) is 6.10. The Hall–Kier alpha value is -3.52. The first-order valence-corrected chi connectivity index (χ1v) is 15.0. The van der Waals surface area contributed by atoms with Crippen LogP contribution < -0.4 is 21.7 Å². The van der Waals surface area contributed by atoms with Gasteiger partial charge in [0.1, 0.15) is 0 Å². The fraction of sp³-hybridized carbons (Fsp3) is 0.412. The van der Waals surface area contributed by atoms with Crippen molar-refractivity contribution in [2.24, 2.45) is 5.73 Å². The van der Waals surface area contributed by atoms with E-state index in [2.05, 4.69) is 76.6 Å². The van der Waals surface area contributed by atoms with Crippen LogP contribution in [0.3, 0.4) is 0 Å². The Bertz CT molecular complexity index is 1230. The van der Waals surface area contributed by atoms with Gasteiger partial charge >= 0.3 is 0 Å². The van der Waals surface area contributed by atoms with Crippen molar-refractivity contribution in [2.75, 3.05) is 26.2 Å². The van der Waals surface area contributed by atoms with Gasteiger partial charge in [-0.15, -0.1) is 0 Å². The van der Waals surface area contributed by atoms with E-state index >= 15 is 0 Å². The van der Waals surface area contributed by atoms with Gasteiger partial charge in [0.2, 0.25) is 11.8 Å². The average molecular weight is 554 g/mol. The van der Waals surface area contributed by atoms with E-state index in [0.717, 1.165) is 25.7 Å². The summed E-state index contributed by atoms with van der Waals surface area (Å²) in [7, 11) is 0. The van der Waals surface area contributed by atoms with Gasteiger partial charge < -0.3 is 26.6 Å². The number of carbonyl (C=O) groups excluding carboxylic acids is 2. The highest BCUT2D eigenvalue weighted by atomic mass is 16.2. The van der Waals surface area contributed by atoms with Gasteiger partial charge in [0.15, 0.2) is 0 Å². The van der Waals surface area contributed by atoms with Crippen molar-refractivity contribution >= 4 is 11.8 Å². The third kappa shape index (κ3) is 7.61. The highest BCUT2D eigenvalue weighted by Gasteiger charge is 2.33. The van der Waals surface area contributed by atoms with Gasteiger partial charge in [-0.2, -0.15) is 0 Å². The molecule has 41 heavy (non-hydrogen) atoms. The summed E-state index contributed by atoms with van der Waals surface area (Å²) in [5, 5.41) is 10.2. The van der Waals surface area contributed by atoms with Gasteiger partial charge in [-0.1, -0.05) is 91.3 Å². The number of amides is 2. The fourth-order valence-electron chi connectivity index (χ4n) is 6.10. The zero-order chi connectivity index (χ0) is 28.4. The van der Waals surface area contributed by atoms with Gasteiger partial charge in [-0.25, -0.2) is 0 Å². The molecule has 2 amide bonds. The van der Waals surface area contributed by atoms with Crippen LogP contribution in [0.25, 0.3) is 0 Å². The Kier molecular flexibility index (Phi) is 10.2. The summed E-state index contributed by atoms with van der Waals surface area (Å²) < 4.78 is 0. The Labute approximate surface area is 243 Å². The minimum atomic E-state index is -0.294. The Morgan fingerprint density at radius 2 is 1.59 bits per heavy atom. The molecule has 7 nitrogen and oxygen atoms in total. The summed E-state index contributed by atoms with van der Waals surface area (Å²) in [6.07, 6.45) is 3.97. The lowest BCUT2D eigenvalue weighted by atomic mass is 9.90. The molecule has 3 aromatic rings. The van der Waals surface area contributed by atoms with Crippen molar-refractivity contribution in [2.45, 2.75) is 62.7 Å². The molecular formula is C34H43N5O2. The number of unbranched alkanes of at least 4 members (excludes halogenated alkanes) is 1. The van der Waals surface area contributed by atoms with Gasteiger partial charge in [-0.3, -0.25) is 9.59 Å². The standard InChI is InChI=1S/C34H43N5O2/c35-19-10-9-17-31-34(41)39(24-30(25-11-3-1-4-12-25)26-13-5-2-6-14-26)20-18-29(38-31)23-37-33(40)32-21-27-15-7-8-16-28(27)22-36-32/h1-8,11-16,29-32,36,38H,9-10,17-24,35H2,(H,37,40)/t29-,31-,32?/m0/s1. The molecule has 1 fully saturated rings. The van der Waals surface area contributed by atoms with Crippen LogP contribution in [0.15, 0.2) is 84.9 Å². The quantitative estimate of drug-likeness (QED) is 0.273. The topological polar surface area (TPSA) is 99.5 Å². The Morgan fingerprint density at radius 3 is 2.27 bits per heavy atom. The van der Waals surface area contributed by atoms with Gasteiger partial charge in [0, 0.05) is 38.1 Å². The SMILES string of the molecule is NCCCC[C@@H]1N[C@H](CNC(=O)C2Cc3ccccc3CN2)CCN(CC(c2ccccc2)c2ccccc2)C1=O. The average Bonchev–Trinajstić information content (AvgIpc) is 3.17. The lowest BCUT2D eigenvalue weighted by Crippen LogP contribution is -2.52. The van der Waals surface area contributed by atoms with E-state index in [9.17, 15) is 9.59 Å². The lowest BCUT2D eigenvalue weighted by molar-refractivity contribution is -0.133. The molecule has 1 unspecified atom stereocenters. The predicted molar refractivity (Wildman–Crippen MR) is 163 cm³/mol. The van der Waals surface area contributed by atoms with E-state index in [1.165, 1.54) is 22.3 Å². The molecular weight excluding hydrogens is 510 g/mol. The van der Waals surface area contributed by atoms with Crippen LogP contribution in [-0.4, -0.2) is 61.0 Å². The van der Waals surface area contributed by atoms with E-state index in [4.69, 9.17) is 5.73 Å². The molecule has 2 heterocycles. The number of nitrogens with one attached hydrogen (secondary N) is 3. The van der Waals surface area contributed by atoms with Crippen LogP contribution in [-0.2, 0) is 22.6 Å². The van der Waals surface area contributed by atoms with Crippen LogP contribution in [0, 0.1) is 0 Å². The first kappa shape index (κ1) is 29.0. The molecule has 216 valence electrons. The van der Waals surface area contributed by atoms with Gasteiger partial charge in [0.25, 0.3) is 0 Å². The van der Waals surface area contributed by atoms with Crippen LogP contribution in [0.5, 0.6) is 0 Å². The summed E-state index contributed by atoms with van der Waals surface area (Å²) in [6.45, 7) is 3.07. The summed E-state index contributed by atoms with van der Waals surface area (Å²) in [5.74, 6) is 0.238. The summed E-state index contributed by atoms with van der Waals surface area (Å²) >= 11 is 0. The molecule has 0 spiro atoms. The maximum atomic E-state index is 13.9. The maximum absolute atomic E-state index is 13.9. The third-order valence-corrected chi connectivity index (χ3v) is 8.47. The number of carbonyl (C=O) groups is 2. The number of nitrogens with zero attached hydrogens (tertiary/aromatic N) is 1. The van der Waals surface area contributed by atoms with E-state index < -0.39 is 0 Å². The zero-order valence-electron chi connectivity index (χ0n) is 23.8. The van der Waals surface area contributed by atoms with Crippen molar-refractivity contribution in [1.29, 1.82) is 0 Å². The molecule has 5 N–H and O–H groups in total. The maximum Gasteiger partial charge on any atom is 0.239 e. The zero-order valence-corrected chi connectivity index (χ0v) is 23.8. The summed E-state index contributed by atoms with van der Waals surface area (Å²) in [6, 6.07) is 28.6. The number of benzene rings is 3. The molecule has 0 bridgehead atoms. The molecule has 3 aromatic carbocycles. The summed E-state index contributed by atoms with van der Waals surface area (Å²) in [4.78, 5) is 29.1. The van der Waals surface area contributed by atoms with E-state index in [0.29, 0.717) is 39.1 Å². The Morgan fingerprint density at radius 1 is 0.927 bits per heavy atom. The lowest BCUT2D eigenvalue weighted by Gasteiger charge is -2.29. The number of rotatable bonds is 11. The van der Waals surface area contributed by atoms with Crippen LogP contribution in [0.2, 0.25) is 0 Å². The van der Waals surface area contributed by atoms with Crippen molar-refractivity contribution in [3.63, 3.8) is 0 Å². The van der Waals surface area contributed by atoms with Gasteiger partial charge in [-0.05, 0) is 54.5 Å². The molecule has 7 heteroatoms.